The van der Waals surface area contributed by atoms with Gasteiger partial charge in [0.25, 0.3) is 0 Å². The normalized spacial score (nSPS) is 18.4. The van der Waals surface area contributed by atoms with E-state index in [0.29, 0.717) is 28.5 Å². The number of anilines is 1. The lowest BCUT2D eigenvalue weighted by molar-refractivity contribution is -0.137. The third-order valence-electron chi connectivity index (χ3n) is 8.04. The van der Waals surface area contributed by atoms with Gasteiger partial charge in [-0.05, 0) is 72.7 Å². The average Bonchev–Trinajstić information content (AvgIpc) is 2.92. The van der Waals surface area contributed by atoms with Crippen molar-refractivity contribution in [2.45, 2.75) is 59.2 Å². The Hall–Kier alpha value is -4.22. The Morgan fingerprint density at radius 2 is 1.81 bits per heavy atom. The van der Waals surface area contributed by atoms with Crippen LogP contribution in [0.1, 0.15) is 60.4 Å². The van der Waals surface area contributed by atoms with Gasteiger partial charge in [0, 0.05) is 23.4 Å². The van der Waals surface area contributed by atoms with Crippen LogP contribution in [0.25, 0.3) is 0 Å². The van der Waals surface area contributed by atoms with Crippen molar-refractivity contribution in [3.8, 4) is 11.8 Å². The van der Waals surface area contributed by atoms with E-state index in [-0.39, 0.29) is 35.9 Å². The van der Waals surface area contributed by atoms with E-state index in [1.165, 1.54) is 17.0 Å². The van der Waals surface area contributed by atoms with E-state index in [4.69, 9.17) is 22.1 Å². The number of nitriles is 1. The number of allylic oxidation sites excluding steroid dienone is 3. The van der Waals surface area contributed by atoms with Crippen molar-refractivity contribution >= 4 is 23.1 Å². The summed E-state index contributed by atoms with van der Waals surface area (Å²) < 4.78 is 47.1. The Morgan fingerprint density at radius 1 is 1.09 bits per heavy atom. The Morgan fingerprint density at radius 3 is 2.49 bits per heavy atom. The van der Waals surface area contributed by atoms with Crippen molar-refractivity contribution in [1.82, 2.24) is 0 Å². The standard InChI is InChI=1S/C34H31ClF3N3O2/c1-19-12-21(18-43-29-11-6-5-10-26(29)35)20(2)24(13-19)30-25(17-39)32(40)41(23-9-7-8-22(14-23)34(36,37)38)27-15-33(3,4)16-28(42)31(27)30/h5-14,30H,15-16,18,40H2,1-4H3. The highest BCUT2D eigenvalue weighted by Crippen LogP contribution is 2.51. The van der Waals surface area contributed by atoms with Gasteiger partial charge < -0.3 is 10.5 Å². The van der Waals surface area contributed by atoms with Crippen LogP contribution in [0, 0.1) is 30.6 Å². The van der Waals surface area contributed by atoms with Crippen LogP contribution in [0.5, 0.6) is 5.75 Å². The minimum Gasteiger partial charge on any atom is -0.487 e. The van der Waals surface area contributed by atoms with Crippen molar-refractivity contribution in [3.63, 3.8) is 0 Å². The minimum absolute atomic E-state index is 0.00541. The largest absolute Gasteiger partial charge is 0.487 e. The average molecular weight is 606 g/mol. The summed E-state index contributed by atoms with van der Waals surface area (Å²) >= 11 is 6.29. The molecule has 3 aromatic carbocycles. The van der Waals surface area contributed by atoms with E-state index in [9.17, 15) is 23.2 Å². The molecule has 5 nitrogen and oxygen atoms in total. The van der Waals surface area contributed by atoms with Gasteiger partial charge >= 0.3 is 6.18 Å². The minimum atomic E-state index is -4.58. The quantitative estimate of drug-likeness (QED) is 0.315. The monoisotopic (exact) mass is 605 g/mol. The smallest absolute Gasteiger partial charge is 0.416 e. The molecule has 43 heavy (non-hydrogen) atoms. The molecular formula is C34H31ClF3N3O2. The first-order valence-electron chi connectivity index (χ1n) is 13.8. The van der Waals surface area contributed by atoms with Gasteiger partial charge in [0.05, 0.1) is 28.1 Å². The van der Waals surface area contributed by atoms with Crippen LogP contribution in [0.4, 0.5) is 18.9 Å². The Kier molecular flexibility index (Phi) is 7.82. The maximum atomic E-state index is 14.0. The number of nitrogens with zero attached hydrogens (tertiary/aromatic N) is 2. The van der Waals surface area contributed by atoms with E-state index in [0.717, 1.165) is 34.4 Å². The fraction of sp³-hybridized carbons (Fsp3) is 0.294. The van der Waals surface area contributed by atoms with E-state index in [1.54, 1.807) is 12.1 Å². The molecule has 5 rings (SSSR count). The first-order valence-corrected chi connectivity index (χ1v) is 14.2. The van der Waals surface area contributed by atoms with Gasteiger partial charge in [-0.2, -0.15) is 18.4 Å². The topological polar surface area (TPSA) is 79.3 Å². The van der Waals surface area contributed by atoms with E-state index in [2.05, 4.69) is 6.07 Å². The summed E-state index contributed by atoms with van der Waals surface area (Å²) in [6, 6.07) is 18.1. The number of para-hydroxylation sites is 1. The van der Waals surface area contributed by atoms with Crippen LogP contribution in [0.3, 0.4) is 0 Å². The molecule has 0 radical (unpaired) electrons. The van der Waals surface area contributed by atoms with Crippen molar-refractivity contribution in [2.75, 3.05) is 4.90 Å². The number of carbonyl (C=O) groups excluding carboxylic acids is 1. The lowest BCUT2D eigenvalue weighted by Gasteiger charge is -2.44. The first kappa shape index (κ1) is 30.2. The van der Waals surface area contributed by atoms with Gasteiger partial charge in [0.1, 0.15) is 18.2 Å². The summed E-state index contributed by atoms with van der Waals surface area (Å²) in [5, 5.41) is 10.9. The van der Waals surface area contributed by atoms with Crippen LogP contribution >= 0.6 is 11.6 Å². The SMILES string of the molecule is Cc1cc(COc2ccccc2Cl)c(C)c(C2C(C#N)=C(N)N(c3cccc(C(F)(F)F)c3)C3=C2C(=O)CC(C)(C)C3)c1. The molecule has 0 saturated heterocycles. The summed E-state index contributed by atoms with van der Waals surface area (Å²) in [6.45, 7) is 7.90. The Balaban J connectivity index is 1.69. The number of ketones is 1. The number of halogens is 4. The lowest BCUT2D eigenvalue weighted by Crippen LogP contribution is -2.42. The third-order valence-corrected chi connectivity index (χ3v) is 8.36. The Bertz CT molecular complexity index is 1730. The fourth-order valence-electron chi connectivity index (χ4n) is 6.07. The summed E-state index contributed by atoms with van der Waals surface area (Å²) in [7, 11) is 0. The van der Waals surface area contributed by atoms with Crippen molar-refractivity contribution in [1.29, 1.82) is 5.26 Å². The van der Waals surface area contributed by atoms with Gasteiger partial charge in [-0.3, -0.25) is 9.69 Å². The first-order chi connectivity index (χ1) is 20.2. The van der Waals surface area contributed by atoms with E-state index >= 15 is 0 Å². The van der Waals surface area contributed by atoms with Crippen LogP contribution in [-0.4, -0.2) is 5.78 Å². The lowest BCUT2D eigenvalue weighted by atomic mass is 9.68. The van der Waals surface area contributed by atoms with Gasteiger partial charge in [0.15, 0.2) is 5.78 Å². The van der Waals surface area contributed by atoms with Crippen molar-refractivity contribution in [3.05, 3.63) is 116 Å². The molecule has 3 aromatic rings. The molecule has 222 valence electrons. The number of Topliss-reactive ketones (excluding diaryl/α,β-unsaturated/α-hetero) is 1. The summed E-state index contributed by atoms with van der Waals surface area (Å²) in [5.74, 6) is -0.420. The molecule has 1 atom stereocenters. The zero-order chi connectivity index (χ0) is 31.3. The van der Waals surface area contributed by atoms with Gasteiger partial charge in [-0.1, -0.05) is 61.3 Å². The zero-order valence-electron chi connectivity index (χ0n) is 24.3. The second-order valence-electron chi connectivity index (χ2n) is 11.9. The molecule has 0 fully saturated rings. The Labute approximate surface area is 254 Å². The number of hydrogen-bond acceptors (Lipinski definition) is 5. The predicted octanol–water partition coefficient (Wildman–Crippen LogP) is 8.50. The number of aryl methyl sites for hydroxylation is 1. The van der Waals surface area contributed by atoms with Gasteiger partial charge in [-0.15, -0.1) is 0 Å². The molecule has 0 bridgehead atoms. The zero-order valence-corrected chi connectivity index (χ0v) is 25.0. The van der Waals surface area contributed by atoms with Crippen molar-refractivity contribution in [2.24, 2.45) is 11.1 Å². The molecule has 0 aromatic heterocycles. The molecule has 1 heterocycles. The summed E-state index contributed by atoms with van der Waals surface area (Å²) in [5.41, 5.74) is 9.79. The molecule has 1 aliphatic carbocycles. The van der Waals surface area contributed by atoms with Crippen molar-refractivity contribution < 1.29 is 22.7 Å². The molecule has 0 amide bonds. The van der Waals surface area contributed by atoms with Crippen LogP contribution in [0.2, 0.25) is 5.02 Å². The summed E-state index contributed by atoms with van der Waals surface area (Å²) in [4.78, 5) is 15.4. The second kappa shape index (κ2) is 11.1. The highest BCUT2D eigenvalue weighted by Gasteiger charge is 2.45. The molecular weight excluding hydrogens is 575 g/mol. The number of carbonyl (C=O) groups is 1. The van der Waals surface area contributed by atoms with Gasteiger partial charge in [-0.25, -0.2) is 0 Å². The second-order valence-corrected chi connectivity index (χ2v) is 12.3. The maximum Gasteiger partial charge on any atom is 0.416 e. The van der Waals surface area contributed by atoms with E-state index < -0.39 is 23.1 Å². The molecule has 1 aliphatic heterocycles. The predicted molar refractivity (Wildman–Crippen MR) is 160 cm³/mol. The highest BCUT2D eigenvalue weighted by molar-refractivity contribution is 6.32. The van der Waals surface area contributed by atoms with E-state index in [1.807, 2.05) is 52.0 Å². The maximum absolute atomic E-state index is 14.0. The number of rotatable bonds is 5. The van der Waals surface area contributed by atoms with Gasteiger partial charge in [0.2, 0.25) is 0 Å². The molecule has 0 spiro atoms. The number of ether oxygens (including phenoxy) is 1. The van der Waals surface area contributed by atoms with Crippen LogP contribution < -0.4 is 15.4 Å². The molecule has 2 aliphatic rings. The number of benzene rings is 3. The van der Waals surface area contributed by atoms with Crippen LogP contribution in [0.15, 0.2) is 83.3 Å². The number of nitrogens with two attached hydrogens (primary N) is 1. The van der Waals surface area contributed by atoms with Crippen LogP contribution in [-0.2, 0) is 17.6 Å². The molecule has 0 saturated carbocycles. The number of alkyl halides is 3. The number of hydrogen-bond donors (Lipinski definition) is 1. The molecule has 1 unspecified atom stereocenters. The molecule has 9 heteroatoms. The fourth-order valence-corrected chi connectivity index (χ4v) is 6.26. The highest BCUT2D eigenvalue weighted by atomic mass is 35.5. The molecule has 2 N–H and O–H groups in total. The summed E-state index contributed by atoms with van der Waals surface area (Å²) in [6.07, 6.45) is -3.97. The third kappa shape index (κ3) is 5.74.